The number of hydrogen-bond acceptors (Lipinski definition) is 4. The van der Waals surface area contributed by atoms with Gasteiger partial charge in [0.15, 0.2) is 11.5 Å². The lowest BCUT2D eigenvalue weighted by Crippen LogP contribution is -2.46. The topological polar surface area (TPSA) is 33.7 Å². The summed E-state index contributed by atoms with van der Waals surface area (Å²) in [6, 6.07) is 6.85. The van der Waals surface area contributed by atoms with Crippen LogP contribution in [-0.2, 0) is 0 Å². The Morgan fingerprint density at radius 2 is 1.91 bits per heavy atom. The number of nitrogens with one attached hydrogen (secondary N) is 1. The van der Waals surface area contributed by atoms with Crippen molar-refractivity contribution in [1.82, 2.24) is 10.2 Å². The van der Waals surface area contributed by atoms with Gasteiger partial charge < -0.3 is 14.8 Å². The lowest BCUT2D eigenvalue weighted by atomic mass is 9.90. The maximum Gasteiger partial charge on any atom is 0.161 e. The van der Waals surface area contributed by atoms with Crippen LogP contribution < -0.4 is 14.8 Å². The van der Waals surface area contributed by atoms with Gasteiger partial charge in [-0.1, -0.05) is 26.3 Å². The second-order valence-corrected chi connectivity index (χ2v) is 5.96. The lowest BCUT2D eigenvalue weighted by molar-refractivity contribution is 0.128. The van der Waals surface area contributed by atoms with E-state index in [9.17, 15) is 0 Å². The molecular weight excluding hydrogens is 276 g/mol. The van der Waals surface area contributed by atoms with E-state index in [1.54, 1.807) is 7.11 Å². The Bertz CT molecular complexity index is 458. The van der Waals surface area contributed by atoms with Gasteiger partial charge in [-0.15, -0.1) is 0 Å². The molecule has 124 valence electrons. The van der Waals surface area contributed by atoms with Crippen LogP contribution in [0.4, 0.5) is 0 Å². The van der Waals surface area contributed by atoms with E-state index < -0.39 is 0 Å². The Labute approximate surface area is 134 Å². The summed E-state index contributed by atoms with van der Waals surface area (Å²) in [6.45, 7) is 11.6. The molecule has 0 saturated carbocycles. The molecule has 0 spiro atoms. The van der Waals surface area contributed by atoms with Gasteiger partial charge in [-0.25, -0.2) is 0 Å². The Morgan fingerprint density at radius 3 is 2.50 bits per heavy atom. The zero-order chi connectivity index (χ0) is 15.9. The van der Waals surface area contributed by atoms with Crippen molar-refractivity contribution in [2.45, 2.75) is 33.2 Å². The van der Waals surface area contributed by atoms with Gasteiger partial charge in [0, 0.05) is 32.2 Å². The molecule has 0 aromatic heterocycles. The number of piperazine rings is 1. The first-order valence-electron chi connectivity index (χ1n) is 8.46. The first-order valence-corrected chi connectivity index (χ1v) is 8.46. The molecule has 1 N–H and O–H groups in total. The smallest absolute Gasteiger partial charge is 0.161 e. The molecule has 2 rings (SSSR count). The maximum atomic E-state index is 5.65. The fourth-order valence-electron chi connectivity index (χ4n) is 3.23. The molecule has 1 aromatic rings. The third kappa shape index (κ3) is 3.93. The number of benzene rings is 1. The molecule has 1 aromatic carbocycles. The summed E-state index contributed by atoms with van der Waals surface area (Å²) in [4.78, 5) is 2.60. The monoisotopic (exact) mass is 306 g/mol. The van der Waals surface area contributed by atoms with Gasteiger partial charge in [0.05, 0.1) is 13.7 Å². The summed E-state index contributed by atoms with van der Waals surface area (Å²) in [6.07, 6.45) is 1.17. The van der Waals surface area contributed by atoms with Crippen molar-refractivity contribution in [3.05, 3.63) is 23.8 Å². The minimum absolute atomic E-state index is 0.441. The molecular formula is C18H30N2O2. The van der Waals surface area contributed by atoms with Crippen molar-refractivity contribution in [2.75, 3.05) is 39.9 Å². The molecule has 0 aliphatic carbocycles. The molecule has 1 saturated heterocycles. The van der Waals surface area contributed by atoms with E-state index in [1.807, 2.05) is 6.92 Å². The Balaban J connectivity index is 2.29. The van der Waals surface area contributed by atoms with Crippen molar-refractivity contribution in [3.8, 4) is 11.5 Å². The highest BCUT2D eigenvalue weighted by Gasteiger charge is 2.27. The highest BCUT2D eigenvalue weighted by atomic mass is 16.5. The van der Waals surface area contributed by atoms with Gasteiger partial charge in [-0.05, 0) is 30.5 Å². The van der Waals surface area contributed by atoms with E-state index >= 15 is 0 Å². The van der Waals surface area contributed by atoms with E-state index in [-0.39, 0.29) is 0 Å². The van der Waals surface area contributed by atoms with Gasteiger partial charge in [0.25, 0.3) is 0 Å². The lowest BCUT2D eigenvalue weighted by Gasteiger charge is -2.38. The number of ether oxygens (including phenoxy) is 2. The molecule has 1 unspecified atom stereocenters. The first-order chi connectivity index (χ1) is 10.7. The summed E-state index contributed by atoms with van der Waals surface area (Å²) < 4.78 is 11.2. The summed E-state index contributed by atoms with van der Waals surface area (Å²) in [5.74, 6) is 2.28. The highest BCUT2D eigenvalue weighted by molar-refractivity contribution is 5.44. The van der Waals surface area contributed by atoms with E-state index in [0.717, 1.165) is 37.7 Å². The van der Waals surface area contributed by atoms with Crippen LogP contribution in [0.2, 0.25) is 0 Å². The van der Waals surface area contributed by atoms with Crippen molar-refractivity contribution in [1.29, 1.82) is 0 Å². The van der Waals surface area contributed by atoms with Crippen molar-refractivity contribution >= 4 is 0 Å². The van der Waals surface area contributed by atoms with Crippen LogP contribution in [0.25, 0.3) is 0 Å². The minimum atomic E-state index is 0.441. The Hall–Kier alpha value is -1.26. The van der Waals surface area contributed by atoms with Crippen LogP contribution >= 0.6 is 0 Å². The zero-order valence-corrected chi connectivity index (χ0v) is 14.4. The van der Waals surface area contributed by atoms with Gasteiger partial charge in [0.1, 0.15) is 0 Å². The standard InChI is InChI=1S/C18H30N2O2/c1-5-14(3)18(20-11-9-19-10-12-20)15-7-8-16(22-6-2)17(13-15)21-4/h7-8,13-14,18-19H,5-6,9-12H2,1-4H3/t14?,18-/m0/s1. The zero-order valence-electron chi connectivity index (χ0n) is 14.4. The molecule has 0 bridgehead atoms. The highest BCUT2D eigenvalue weighted by Crippen LogP contribution is 2.36. The van der Waals surface area contributed by atoms with Crippen LogP contribution in [0.5, 0.6) is 11.5 Å². The fraction of sp³-hybridized carbons (Fsp3) is 0.667. The summed E-state index contributed by atoms with van der Waals surface area (Å²) in [5, 5.41) is 3.44. The predicted octanol–water partition coefficient (Wildman–Crippen LogP) is 3.09. The van der Waals surface area contributed by atoms with Crippen LogP contribution in [0.3, 0.4) is 0 Å². The molecule has 22 heavy (non-hydrogen) atoms. The molecule has 0 amide bonds. The summed E-state index contributed by atoms with van der Waals surface area (Å²) >= 11 is 0. The third-order valence-electron chi connectivity index (χ3n) is 4.56. The SMILES string of the molecule is CCOc1ccc([C@H](C(C)CC)N2CCNCC2)cc1OC. The molecule has 0 radical (unpaired) electrons. The van der Waals surface area contributed by atoms with Crippen LogP contribution in [0.1, 0.15) is 38.8 Å². The molecule has 2 atom stereocenters. The molecule has 1 fully saturated rings. The van der Waals surface area contributed by atoms with Gasteiger partial charge in [-0.3, -0.25) is 4.90 Å². The van der Waals surface area contributed by atoms with Crippen LogP contribution in [-0.4, -0.2) is 44.8 Å². The third-order valence-corrected chi connectivity index (χ3v) is 4.56. The number of hydrogen-bond donors (Lipinski definition) is 1. The predicted molar refractivity (Wildman–Crippen MR) is 90.8 cm³/mol. The second-order valence-electron chi connectivity index (χ2n) is 5.96. The number of methoxy groups -OCH3 is 1. The largest absolute Gasteiger partial charge is 0.493 e. The van der Waals surface area contributed by atoms with E-state index in [4.69, 9.17) is 9.47 Å². The van der Waals surface area contributed by atoms with Gasteiger partial charge in [-0.2, -0.15) is 0 Å². The average molecular weight is 306 g/mol. The molecule has 4 nitrogen and oxygen atoms in total. The Morgan fingerprint density at radius 1 is 1.18 bits per heavy atom. The van der Waals surface area contributed by atoms with Crippen LogP contribution in [0.15, 0.2) is 18.2 Å². The molecule has 1 aliphatic rings. The number of nitrogens with zero attached hydrogens (tertiary/aromatic N) is 1. The van der Waals surface area contributed by atoms with E-state index in [0.29, 0.717) is 18.6 Å². The molecule has 1 aliphatic heterocycles. The quantitative estimate of drug-likeness (QED) is 0.839. The Kier molecular flexibility index (Phi) is 6.52. The summed E-state index contributed by atoms with van der Waals surface area (Å²) in [5.41, 5.74) is 1.33. The molecule has 1 heterocycles. The fourth-order valence-corrected chi connectivity index (χ4v) is 3.23. The first kappa shape index (κ1) is 17.1. The van der Waals surface area contributed by atoms with Gasteiger partial charge >= 0.3 is 0 Å². The molecule has 4 heteroatoms. The number of rotatable bonds is 7. The van der Waals surface area contributed by atoms with E-state index in [2.05, 4.69) is 42.3 Å². The normalized spacial score (nSPS) is 18.7. The van der Waals surface area contributed by atoms with E-state index in [1.165, 1.54) is 12.0 Å². The van der Waals surface area contributed by atoms with Crippen molar-refractivity contribution in [2.24, 2.45) is 5.92 Å². The maximum absolute atomic E-state index is 5.65. The van der Waals surface area contributed by atoms with Crippen LogP contribution in [0, 0.1) is 5.92 Å². The second kappa shape index (κ2) is 8.39. The van der Waals surface area contributed by atoms with Gasteiger partial charge in [0.2, 0.25) is 0 Å². The summed E-state index contributed by atoms with van der Waals surface area (Å²) in [7, 11) is 1.71. The van der Waals surface area contributed by atoms with Crippen molar-refractivity contribution in [3.63, 3.8) is 0 Å². The van der Waals surface area contributed by atoms with Crippen molar-refractivity contribution < 1.29 is 9.47 Å². The minimum Gasteiger partial charge on any atom is -0.493 e. The average Bonchev–Trinajstić information content (AvgIpc) is 2.57.